The summed E-state index contributed by atoms with van der Waals surface area (Å²) in [5.41, 5.74) is 1.38. The number of carbonyl (C=O) groups excluding carboxylic acids is 1. The van der Waals surface area contributed by atoms with Crippen molar-refractivity contribution in [3.05, 3.63) is 54.3 Å². The third-order valence-electron chi connectivity index (χ3n) is 7.45. The molecule has 1 N–H and O–H groups in total. The van der Waals surface area contributed by atoms with Gasteiger partial charge in [0.25, 0.3) is 0 Å². The van der Waals surface area contributed by atoms with Crippen LogP contribution in [-0.4, -0.2) is 11.9 Å². The van der Waals surface area contributed by atoms with Crippen LogP contribution in [0.4, 0.5) is 0 Å². The average molecular weight is 376 g/mol. The minimum Gasteiger partial charge on any atom is -0.457 e. The molecular weight excluding hydrogens is 346 g/mol. The molecule has 1 aromatic heterocycles. The van der Waals surface area contributed by atoms with E-state index in [1.54, 1.807) is 12.2 Å². The van der Waals surface area contributed by atoms with Gasteiger partial charge in [-0.05, 0) is 86.8 Å². The van der Waals surface area contributed by atoms with E-state index in [1.165, 1.54) is 38.5 Å². The summed E-state index contributed by atoms with van der Waals surface area (Å²) in [7, 11) is 0. The zero-order valence-corrected chi connectivity index (χ0v) is 16.6. The van der Waals surface area contributed by atoms with E-state index >= 15 is 0 Å². The van der Waals surface area contributed by atoms with E-state index in [0.717, 1.165) is 29.1 Å². The van der Waals surface area contributed by atoms with Gasteiger partial charge in [-0.2, -0.15) is 0 Å². The second kappa shape index (κ2) is 6.95. The van der Waals surface area contributed by atoms with Gasteiger partial charge in [0, 0.05) is 17.7 Å². The first-order valence-electron chi connectivity index (χ1n) is 10.7. The highest BCUT2D eigenvalue weighted by atomic mass is 16.3. The van der Waals surface area contributed by atoms with Crippen LogP contribution < -0.4 is 5.32 Å². The number of carbonyl (C=O) groups is 1. The first-order valence-corrected chi connectivity index (χ1v) is 10.7. The van der Waals surface area contributed by atoms with Crippen molar-refractivity contribution in [2.75, 3.05) is 0 Å². The minimum atomic E-state index is -0.0130. The summed E-state index contributed by atoms with van der Waals surface area (Å²) in [5, 5.41) is 3.28. The summed E-state index contributed by atoms with van der Waals surface area (Å²) < 4.78 is 5.86. The monoisotopic (exact) mass is 375 g/mol. The number of benzene rings is 1. The van der Waals surface area contributed by atoms with Crippen molar-refractivity contribution in [3.63, 3.8) is 0 Å². The Morgan fingerprint density at radius 2 is 1.68 bits per heavy atom. The molecule has 1 aromatic carbocycles. The van der Waals surface area contributed by atoms with Crippen LogP contribution in [0.15, 0.2) is 53.0 Å². The molecule has 0 saturated heterocycles. The van der Waals surface area contributed by atoms with E-state index in [-0.39, 0.29) is 11.9 Å². The van der Waals surface area contributed by atoms with Crippen molar-refractivity contribution < 1.29 is 9.21 Å². The fourth-order valence-corrected chi connectivity index (χ4v) is 6.48. The molecule has 3 nitrogen and oxygen atoms in total. The van der Waals surface area contributed by atoms with Gasteiger partial charge in [0.05, 0.1) is 0 Å². The number of amides is 1. The van der Waals surface area contributed by atoms with Crippen molar-refractivity contribution in [2.24, 2.45) is 23.2 Å². The molecule has 6 rings (SSSR count). The lowest BCUT2D eigenvalue weighted by Crippen LogP contribution is -2.55. The quantitative estimate of drug-likeness (QED) is 0.683. The van der Waals surface area contributed by atoms with Gasteiger partial charge in [0.2, 0.25) is 5.91 Å². The molecule has 2 aromatic rings. The zero-order chi connectivity index (χ0) is 19.1. The number of rotatable bonds is 5. The third-order valence-corrected chi connectivity index (χ3v) is 7.45. The second-order valence-corrected chi connectivity index (χ2v) is 9.41. The molecule has 146 valence electrons. The Balaban J connectivity index is 1.22. The van der Waals surface area contributed by atoms with Gasteiger partial charge in [-0.1, -0.05) is 30.3 Å². The standard InChI is InChI=1S/C25H29NO2/c1-17(25-14-18-11-19(15-25)13-20(12-18)16-25)26-24(27)10-8-22-7-9-23(28-22)21-5-3-2-4-6-21/h2-10,17-20H,11-16H2,1H3,(H,26,27)/b10-8+/t17-,18?,19?,20?,25?/m1/s1. The topological polar surface area (TPSA) is 42.2 Å². The maximum absolute atomic E-state index is 12.6. The van der Waals surface area contributed by atoms with Crippen molar-refractivity contribution in [1.29, 1.82) is 0 Å². The lowest BCUT2D eigenvalue weighted by molar-refractivity contribution is -0.121. The molecule has 28 heavy (non-hydrogen) atoms. The van der Waals surface area contributed by atoms with Gasteiger partial charge >= 0.3 is 0 Å². The minimum absolute atomic E-state index is 0.0130. The Morgan fingerprint density at radius 1 is 1.04 bits per heavy atom. The first kappa shape index (κ1) is 17.8. The molecule has 0 spiro atoms. The van der Waals surface area contributed by atoms with Crippen molar-refractivity contribution >= 4 is 12.0 Å². The van der Waals surface area contributed by atoms with Crippen molar-refractivity contribution in [1.82, 2.24) is 5.32 Å². The average Bonchev–Trinajstić information content (AvgIpc) is 3.15. The molecule has 4 bridgehead atoms. The van der Waals surface area contributed by atoms with Gasteiger partial charge in [0.15, 0.2) is 0 Å². The van der Waals surface area contributed by atoms with Crippen LogP contribution in [0.5, 0.6) is 0 Å². The Morgan fingerprint density at radius 3 is 2.32 bits per heavy atom. The van der Waals surface area contributed by atoms with Crippen LogP contribution in [0, 0.1) is 23.2 Å². The maximum Gasteiger partial charge on any atom is 0.244 e. The molecule has 1 atom stereocenters. The van der Waals surface area contributed by atoms with Crippen LogP contribution in [0.3, 0.4) is 0 Å². The van der Waals surface area contributed by atoms with Gasteiger partial charge in [-0.25, -0.2) is 0 Å². The van der Waals surface area contributed by atoms with Crippen molar-refractivity contribution in [2.45, 2.75) is 51.5 Å². The van der Waals surface area contributed by atoms with Gasteiger partial charge in [0.1, 0.15) is 11.5 Å². The molecule has 1 amide bonds. The highest BCUT2D eigenvalue weighted by Gasteiger charge is 2.53. The van der Waals surface area contributed by atoms with Crippen LogP contribution >= 0.6 is 0 Å². The number of nitrogens with one attached hydrogen (secondary N) is 1. The van der Waals surface area contributed by atoms with E-state index in [4.69, 9.17) is 4.42 Å². The fourth-order valence-electron chi connectivity index (χ4n) is 6.48. The van der Waals surface area contributed by atoms with E-state index in [0.29, 0.717) is 11.2 Å². The Hall–Kier alpha value is -2.29. The highest BCUT2D eigenvalue weighted by molar-refractivity contribution is 5.91. The lowest BCUT2D eigenvalue weighted by atomic mass is 9.48. The molecule has 0 aliphatic heterocycles. The Bertz CT molecular complexity index is 844. The molecule has 4 aliphatic carbocycles. The molecule has 0 unspecified atom stereocenters. The summed E-state index contributed by atoms with van der Waals surface area (Å²) in [6.07, 6.45) is 11.6. The van der Waals surface area contributed by atoms with E-state index in [1.807, 2.05) is 42.5 Å². The van der Waals surface area contributed by atoms with Crippen LogP contribution in [0.25, 0.3) is 17.4 Å². The summed E-state index contributed by atoms with van der Waals surface area (Å²) in [6, 6.07) is 14.1. The van der Waals surface area contributed by atoms with E-state index in [9.17, 15) is 4.79 Å². The fraction of sp³-hybridized carbons (Fsp3) is 0.480. The zero-order valence-electron chi connectivity index (χ0n) is 16.6. The van der Waals surface area contributed by atoms with Gasteiger partial charge < -0.3 is 9.73 Å². The first-order chi connectivity index (χ1) is 13.6. The maximum atomic E-state index is 12.6. The molecule has 4 fully saturated rings. The molecule has 1 heterocycles. The Kier molecular flexibility index (Phi) is 4.41. The largest absolute Gasteiger partial charge is 0.457 e. The SMILES string of the molecule is C[C@@H](NC(=O)/C=C/c1ccc(-c2ccccc2)o1)C12CC3CC(CC(C3)C1)C2. The highest BCUT2D eigenvalue weighted by Crippen LogP contribution is 2.61. The van der Waals surface area contributed by atoms with Crippen LogP contribution in [0.2, 0.25) is 0 Å². The number of hydrogen-bond acceptors (Lipinski definition) is 2. The van der Waals surface area contributed by atoms with Gasteiger partial charge in [-0.15, -0.1) is 0 Å². The molecule has 3 heteroatoms. The summed E-state index contributed by atoms with van der Waals surface area (Å²) in [5.74, 6) is 4.22. The Labute approximate surface area is 167 Å². The molecule has 4 saturated carbocycles. The summed E-state index contributed by atoms with van der Waals surface area (Å²) >= 11 is 0. The normalized spacial score (nSPS) is 32.0. The van der Waals surface area contributed by atoms with Crippen LogP contribution in [-0.2, 0) is 4.79 Å². The second-order valence-electron chi connectivity index (χ2n) is 9.41. The number of hydrogen-bond donors (Lipinski definition) is 1. The van der Waals surface area contributed by atoms with Crippen molar-refractivity contribution in [3.8, 4) is 11.3 Å². The summed E-state index contributed by atoms with van der Waals surface area (Å²) in [4.78, 5) is 12.6. The van der Waals surface area contributed by atoms with Gasteiger partial charge in [-0.3, -0.25) is 4.79 Å². The smallest absolute Gasteiger partial charge is 0.244 e. The molecular formula is C25H29NO2. The predicted octanol–water partition coefficient (Wildman–Crippen LogP) is 5.68. The molecule has 4 aliphatic rings. The predicted molar refractivity (Wildman–Crippen MR) is 111 cm³/mol. The summed E-state index contributed by atoms with van der Waals surface area (Å²) in [6.45, 7) is 2.22. The van der Waals surface area contributed by atoms with E-state index in [2.05, 4.69) is 12.2 Å². The number of furan rings is 1. The molecule has 0 radical (unpaired) electrons. The van der Waals surface area contributed by atoms with E-state index < -0.39 is 0 Å². The third kappa shape index (κ3) is 3.32. The van der Waals surface area contributed by atoms with Crippen LogP contribution in [0.1, 0.15) is 51.2 Å². The lowest BCUT2D eigenvalue weighted by Gasteiger charge is -2.59.